The van der Waals surface area contributed by atoms with Crippen LogP contribution in [0.4, 0.5) is 24.8 Å². The van der Waals surface area contributed by atoms with Gasteiger partial charge in [0.25, 0.3) is 0 Å². The number of thiazole rings is 1. The van der Waals surface area contributed by atoms with Gasteiger partial charge in [0.15, 0.2) is 10.8 Å². The first-order valence-electron chi connectivity index (χ1n) is 9.49. The number of nitrogens with zero attached hydrogens (tertiary/aromatic N) is 5. The van der Waals surface area contributed by atoms with Gasteiger partial charge in [-0.3, -0.25) is 9.63 Å². The number of aromatic nitrogens is 3. The Morgan fingerprint density at radius 2 is 1.90 bits per heavy atom. The molecule has 0 atom stereocenters. The van der Waals surface area contributed by atoms with Gasteiger partial charge in [0.2, 0.25) is 0 Å². The molecule has 1 amide bonds. The zero-order valence-electron chi connectivity index (χ0n) is 16.6. The SMILES string of the molecule is Cc1ccc(N2CCCc3sc(C(=O)N4CCCCO4)nc32)nn1.O=C(O)C(F)(F)F. The zero-order valence-corrected chi connectivity index (χ0v) is 17.4. The highest BCUT2D eigenvalue weighted by molar-refractivity contribution is 7.14. The molecule has 0 aliphatic carbocycles. The van der Waals surface area contributed by atoms with Crippen molar-refractivity contribution in [1.29, 1.82) is 0 Å². The number of hydrogen-bond acceptors (Lipinski definition) is 8. The van der Waals surface area contributed by atoms with Crippen molar-refractivity contribution in [2.75, 3.05) is 24.6 Å². The summed E-state index contributed by atoms with van der Waals surface area (Å²) in [5.74, 6) is -1.28. The van der Waals surface area contributed by atoms with Gasteiger partial charge in [-0.05, 0) is 44.7 Å². The van der Waals surface area contributed by atoms with Crippen LogP contribution in [0.25, 0.3) is 0 Å². The Labute approximate surface area is 179 Å². The number of carbonyl (C=O) groups excluding carboxylic acids is 1. The van der Waals surface area contributed by atoms with E-state index in [9.17, 15) is 18.0 Å². The van der Waals surface area contributed by atoms with Crippen molar-refractivity contribution in [3.8, 4) is 0 Å². The Balaban J connectivity index is 0.000000339. The molecule has 13 heteroatoms. The molecule has 4 heterocycles. The van der Waals surface area contributed by atoms with Gasteiger partial charge in [0, 0.05) is 18.0 Å². The average Bonchev–Trinajstić information content (AvgIpc) is 3.19. The fourth-order valence-corrected chi connectivity index (χ4v) is 3.98. The van der Waals surface area contributed by atoms with Gasteiger partial charge < -0.3 is 10.0 Å². The Bertz CT molecular complexity index is 929. The van der Waals surface area contributed by atoms with Crippen molar-refractivity contribution in [3.05, 3.63) is 27.7 Å². The van der Waals surface area contributed by atoms with Gasteiger partial charge in [-0.2, -0.15) is 18.3 Å². The van der Waals surface area contributed by atoms with Crippen LogP contribution >= 0.6 is 11.3 Å². The number of hydrogen-bond donors (Lipinski definition) is 1. The molecule has 4 rings (SSSR count). The number of rotatable bonds is 2. The molecule has 0 spiro atoms. The number of hydroxylamine groups is 2. The summed E-state index contributed by atoms with van der Waals surface area (Å²) in [6.45, 7) is 3.98. The van der Waals surface area contributed by atoms with Crippen molar-refractivity contribution < 1.29 is 32.7 Å². The number of anilines is 2. The van der Waals surface area contributed by atoms with Crippen LogP contribution in [0.5, 0.6) is 0 Å². The average molecular weight is 459 g/mol. The standard InChI is InChI=1S/C16H19N5O2S.C2HF3O2/c1-11-6-7-13(19-18-11)20-8-4-5-12-14(20)17-15(24-12)16(22)21-9-2-3-10-23-21;3-2(4,5)1(6)7/h6-7H,2-5,8-10H2,1H3;(H,6,7). The van der Waals surface area contributed by atoms with E-state index in [4.69, 9.17) is 14.7 Å². The van der Waals surface area contributed by atoms with Crippen molar-refractivity contribution in [1.82, 2.24) is 20.2 Å². The molecule has 2 aromatic heterocycles. The van der Waals surface area contributed by atoms with E-state index < -0.39 is 12.1 Å². The number of aryl methyl sites for hydroxylation is 2. The van der Waals surface area contributed by atoms with E-state index in [1.165, 1.54) is 16.4 Å². The number of carboxylic acid groups (broad SMARTS) is 1. The minimum atomic E-state index is -5.08. The third-order valence-electron chi connectivity index (χ3n) is 4.43. The molecule has 1 N–H and O–H groups in total. The number of carbonyl (C=O) groups is 2. The highest BCUT2D eigenvalue weighted by atomic mass is 32.1. The summed E-state index contributed by atoms with van der Waals surface area (Å²) in [4.78, 5) is 34.8. The Hall–Kier alpha value is -2.80. The lowest BCUT2D eigenvalue weighted by Crippen LogP contribution is -2.35. The molecule has 0 radical (unpaired) electrons. The monoisotopic (exact) mass is 459 g/mol. The molecule has 2 aliphatic rings. The fraction of sp³-hybridized carbons (Fsp3) is 0.500. The van der Waals surface area contributed by atoms with Crippen LogP contribution in [-0.2, 0) is 16.1 Å². The van der Waals surface area contributed by atoms with Gasteiger partial charge in [-0.15, -0.1) is 16.4 Å². The van der Waals surface area contributed by atoms with Crippen LogP contribution in [0.15, 0.2) is 12.1 Å². The van der Waals surface area contributed by atoms with E-state index in [1.807, 2.05) is 19.1 Å². The number of aliphatic carboxylic acids is 1. The first-order chi connectivity index (χ1) is 14.7. The second-order valence-corrected chi connectivity index (χ2v) is 7.89. The van der Waals surface area contributed by atoms with E-state index >= 15 is 0 Å². The molecule has 0 bridgehead atoms. The largest absolute Gasteiger partial charge is 0.490 e. The normalized spacial score (nSPS) is 16.3. The number of fused-ring (bicyclic) bond motifs is 1. The van der Waals surface area contributed by atoms with Gasteiger partial charge in [0.1, 0.15) is 5.82 Å². The number of alkyl halides is 3. The van der Waals surface area contributed by atoms with E-state index in [0.717, 1.165) is 54.4 Å². The van der Waals surface area contributed by atoms with Crippen molar-refractivity contribution in [2.45, 2.75) is 38.8 Å². The molecule has 2 aromatic rings. The van der Waals surface area contributed by atoms with E-state index in [2.05, 4.69) is 20.1 Å². The molecule has 1 fully saturated rings. The molecule has 31 heavy (non-hydrogen) atoms. The second-order valence-electron chi connectivity index (χ2n) is 6.80. The topological polar surface area (TPSA) is 109 Å². The summed E-state index contributed by atoms with van der Waals surface area (Å²) in [7, 11) is 0. The van der Waals surface area contributed by atoms with Gasteiger partial charge in [-0.1, -0.05) is 0 Å². The summed E-state index contributed by atoms with van der Waals surface area (Å²) in [6.07, 6.45) is -1.16. The minimum Gasteiger partial charge on any atom is -0.475 e. The number of carboxylic acids is 1. The second kappa shape index (κ2) is 9.56. The van der Waals surface area contributed by atoms with Gasteiger partial charge in [-0.25, -0.2) is 14.8 Å². The van der Waals surface area contributed by atoms with E-state index in [-0.39, 0.29) is 5.91 Å². The summed E-state index contributed by atoms with van der Waals surface area (Å²) in [5, 5.41) is 17.5. The van der Waals surface area contributed by atoms with Crippen LogP contribution in [0.3, 0.4) is 0 Å². The Morgan fingerprint density at radius 1 is 1.16 bits per heavy atom. The highest BCUT2D eigenvalue weighted by Gasteiger charge is 2.38. The fourth-order valence-electron chi connectivity index (χ4n) is 2.94. The lowest BCUT2D eigenvalue weighted by atomic mass is 10.2. The van der Waals surface area contributed by atoms with Crippen LogP contribution in [0, 0.1) is 6.92 Å². The van der Waals surface area contributed by atoms with Crippen LogP contribution in [0.1, 0.15) is 39.6 Å². The molecule has 2 aliphatic heterocycles. The maximum atomic E-state index is 12.6. The zero-order chi connectivity index (χ0) is 22.6. The van der Waals surface area contributed by atoms with Gasteiger partial charge >= 0.3 is 18.1 Å². The van der Waals surface area contributed by atoms with Crippen molar-refractivity contribution in [3.63, 3.8) is 0 Å². The molecule has 0 unspecified atom stereocenters. The first-order valence-corrected chi connectivity index (χ1v) is 10.3. The van der Waals surface area contributed by atoms with E-state index in [1.54, 1.807) is 0 Å². The van der Waals surface area contributed by atoms with E-state index in [0.29, 0.717) is 18.2 Å². The summed E-state index contributed by atoms with van der Waals surface area (Å²) < 4.78 is 31.7. The van der Waals surface area contributed by atoms with Crippen LogP contribution in [-0.4, -0.2) is 63.1 Å². The smallest absolute Gasteiger partial charge is 0.475 e. The maximum Gasteiger partial charge on any atom is 0.490 e. The predicted molar refractivity (Wildman–Crippen MR) is 104 cm³/mol. The van der Waals surface area contributed by atoms with Crippen LogP contribution < -0.4 is 4.90 Å². The minimum absolute atomic E-state index is 0.135. The predicted octanol–water partition coefficient (Wildman–Crippen LogP) is 3.13. The maximum absolute atomic E-state index is 12.6. The van der Waals surface area contributed by atoms with Crippen LogP contribution in [0.2, 0.25) is 0 Å². The molecule has 168 valence electrons. The number of halogens is 3. The summed E-state index contributed by atoms with van der Waals surface area (Å²) in [5.41, 5.74) is 0.882. The summed E-state index contributed by atoms with van der Waals surface area (Å²) in [6, 6.07) is 3.89. The Kier molecular flexibility index (Phi) is 7.05. The van der Waals surface area contributed by atoms with Gasteiger partial charge in [0.05, 0.1) is 12.3 Å². The third-order valence-corrected chi connectivity index (χ3v) is 5.53. The highest BCUT2D eigenvalue weighted by Crippen LogP contribution is 2.36. The number of amides is 1. The lowest BCUT2D eigenvalue weighted by molar-refractivity contribution is -0.192. The summed E-state index contributed by atoms with van der Waals surface area (Å²) >= 11 is 1.47. The third kappa shape index (κ3) is 5.67. The Morgan fingerprint density at radius 3 is 2.48 bits per heavy atom. The molecule has 0 aromatic carbocycles. The molecular formula is C18H20F3N5O4S. The molecular weight excluding hydrogens is 439 g/mol. The first kappa shape index (κ1) is 22.9. The quantitative estimate of drug-likeness (QED) is 0.730. The molecule has 1 saturated heterocycles. The molecule has 9 nitrogen and oxygen atoms in total. The lowest BCUT2D eigenvalue weighted by Gasteiger charge is -2.26. The molecule has 0 saturated carbocycles. The van der Waals surface area contributed by atoms with Crippen molar-refractivity contribution in [2.24, 2.45) is 0 Å². The van der Waals surface area contributed by atoms with Crippen molar-refractivity contribution >= 4 is 34.8 Å².